The quantitative estimate of drug-likeness (QED) is 0.718. The van der Waals surface area contributed by atoms with Gasteiger partial charge in [-0.2, -0.15) is 5.26 Å². The van der Waals surface area contributed by atoms with E-state index >= 15 is 0 Å². The van der Waals surface area contributed by atoms with Crippen LogP contribution in [0.2, 0.25) is 0 Å². The predicted octanol–water partition coefficient (Wildman–Crippen LogP) is 1.32. The minimum atomic E-state index is -1.10. The number of hydrogen-bond donors (Lipinski definition) is 3. The highest BCUT2D eigenvalue weighted by Gasteiger charge is 2.21. The lowest BCUT2D eigenvalue weighted by Crippen LogP contribution is -2.19. The average molecular weight is 221 g/mol. The van der Waals surface area contributed by atoms with Crippen molar-refractivity contribution in [3.05, 3.63) is 28.8 Å². The lowest BCUT2D eigenvalue weighted by Gasteiger charge is -2.20. The van der Waals surface area contributed by atoms with Crippen molar-refractivity contribution >= 4 is 0 Å². The molecule has 86 valence electrons. The Morgan fingerprint density at radius 3 is 2.19 bits per heavy atom. The van der Waals surface area contributed by atoms with Gasteiger partial charge in [-0.3, -0.25) is 0 Å². The highest BCUT2D eigenvalue weighted by Crippen LogP contribution is 2.28. The summed E-state index contributed by atoms with van der Waals surface area (Å²) in [5, 5.41) is 37.2. The zero-order chi connectivity index (χ0) is 12.3. The van der Waals surface area contributed by atoms with E-state index in [1.165, 1.54) is 12.1 Å². The molecule has 0 saturated heterocycles. The molecule has 1 aromatic rings. The molecule has 0 radical (unpaired) electrons. The molecule has 0 fully saturated rings. The molecular weight excluding hydrogens is 206 g/mol. The topological polar surface area (TPSA) is 84.5 Å². The van der Waals surface area contributed by atoms with Crippen molar-refractivity contribution in [2.24, 2.45) is 0 Å². The minimum Gasteiger partial charge on any atom is -0.508 e. The van der Waals surface area contributed by atoms with E-state index in [1.807, 2.05) is 6.07 Å². The average Bonchev–Trinajstić information content (AvgIpc) is 2.16. The maximum Gasteiger partial charge on any atom is 0.116 e. The number of nitriles is 1. The van der Waals surface area contributed by atoms with Gasteiger partial charge in [0.15, 0.2) is 0 Å². The van der Waals surface area contributed by atoms with Gasteiger partial charge >= 0.3 is 0 Å². The summed E-state index contributed by atoms with van der Waals surface area (Å²) in [5.74, 6) is 0.126. The Morgan fingerprint density at radius 2 is 1.75 bits per heavy atom. The Balaban J connectivity index is 3.09. The first-order chi connectivity index (χ1) is 7.47. The van der Waals surface area contributed by atoms with Gasteiger partial charge < -0.3 is 15.3 Å². The SMILES string of the molecule is Cc1cc(O)cc(C)c1C(O)C(O)CC#N. The summed E-state index contributed by atoms with van der Waals surface area (Å²) in [6, 6.07) is 4.85. The Bertz CT molecular complexity index is 400. The maximum absolute atomic E-state index is 9.89. The molecule has 0 heterocycles. The van der Waals surface area contributed by atoms with Crippen molar-refractivity contribution in [2.45, 2.75) is 32.5 Å². The van der Waals surface area contributed by atoms with Crippen molar-refractivity contribution in [2.75, 3.05) is 0 Å². The van der Waals surface area contributed by atoms with E-state index < -0.39 is 12.2 Å². The highest BCUT2D eigenvalue weighted by molar-refractivity contribution is 5.42. The number of aryl methyl sites for hydroxylation is 2. The first-order valence-electron chi connectivity index (χ1n) is 5.00. The Hall–Kier alpha value is -1.57. The Morgan fingerprint density at radius 1 is 1.25 bits per heavy atom. The number of phenolic OH excluding ortho intramolecular Hbond substituents is 1. The maximum atomic E-state index is 9.89. The van der Waals surface area contributed by atoms with Crippen LogP contribution < -0.4 is 0 Å². The number of rotatable bonds is 3. The van der Waals surface area contributed by atoms with E-state index in [4.69, 9.17) is 5.26 Å². The van der Waals surface area contributed by atoms with Gasteiger partial charge in [0.2, 0.25) is 0 Å². The van der Waals surface area contributed by atoms with Crippen LogP contribution in [0.5, 0.6) is 5.75 Å². The third kappa shape index (κ3) is 2.51. The van der Waals surface area contributed by atoms with Gasteiger partial charge in [0.05, 0.1) is 18.6 Å². The first kappa shape index (κ1) is 12.5. The monoisotopic (exact) mass is 221 g/mol. The minimum absolute atomic E-state index is 0.124. The molecule has 2 unspecified atom stereocenters. The van der Waals surface area contributed by atoms with Crippen LogP contribution in [0.15, 0.2) is 12.1 Å². The fraction of sp³-hybridized carbons (Fsp3) is 0.417. The van der Waals surface area contributed by atoms with Gasteiger partial charge in [-0.15, -0.1) is 0 Å². The third-order valence-corrected chi connectivity index (χ3v) is 2.54. The number of aliphatic hydroxyl groups is 2. The predicted molar refractivity (Wildman–Crippen MR) is 58.8 cm³/mol. The number of phenols is 1. The zero-order valence-electron chi connectivity index (χ0n) is 9.31. The molecule has 1 rings (SSSR count). The summed E-state index contributed by atoms with van der Waals surface area (Å²) in [7, 11) is 0. The van der Waals surface area contributed by atoms with Crippen molar-refractivity contribution < 1.29 is 15.3 Å². The molecule has 0 bridgehead atoms. The fourth-order valence-corrected chi connectivity index (χ4v) is 1.82. The molecule has 2 atom stereocenters. The summed E-state index contributed by atoms with van der Waals surface area (Å²) in [6.45, 7) is 3.48. The molecule has 0 aliphatic rings. The van der Waals surface area contributed by atoms with Crippen LogP contribution in [0.3, 0.4) is 0 Å². The van der Waals surface area contributed by atoms with Gasteiger partial charge in [-0.05, 0) is 42.7 Å². The van der Waals surface area contributed by atoms with Crippen LogP contribution in [0.4, 0.5) is 0 Å². The second kappa shape index (κ2) is 4.97. The summed E-state index contributed by atoms with van der Waals surface area (Å²) in [6.07, 6.45) is -2.33. The fourth-order valence-electron chi connectivity index (χ4n) is 1.82. The number of aliphatic hydroxyl groups excluding tert-OH is 2. The van der Waals surface area contributed by atoms with E-state index in [9.17, 15) is 15.3 Å². The molecule has 0 saturated carbocycles. The molecule has 4 nitrogen and oxygen atoms in total. The Kier molecular flexibility index (Phi) is 3.88. The van der Waals surface area contributed by atoms with Crippen molar-refractivity contribution in [1.29, 1.82) is 5.26 Å². The van der Waals surface area contributed by atoms with Crippen LogP contribution >= 0.6 is 0 Å². The van der Waals surface area contributed by atoms with E-state index in [-0.39, 0.29) is 12.2 Å². The summed E-state index contributed by atoms with van der Waals surface area (Å²) in [5.41, 5.74) is 1.96. The van der Waals surface area contributed by atoms with Crippen LogP contribution in [-0.2, 0) is 0 Å². The zero-order valence-corrected chi connectivity index (χ0v) is 9.31. The van der Waals surface area contributed by atoms with Gasteiger partial charge in [-0.25, -0.2) is 0 Å². The smallest absolute Gasteiger partial charge is 0.116 e. The normalized spacial score (nSPS) is 14.2. The van der Waals surface area contributed by atoms with E-state index in [1.54, 1.807) is 13.8 Å². The summed E-state index contributed by atoms with van der Waals surface area (Å²) in [4.78, 5) is 0. The lowest BCUT2D eigenvalue weighted by atomic mass is 9.93. The number of benzene rings is 1. The number of nitrogens with zero attached hydrogens (tertiary/aromatic N) is 1. The van der Waals surface area contributed by atoms with Gasteiger partial charge in [0.25, 0.3) is 0 Å². The van der Waals surface area contributed by atoms with Crippen molar-refractivity contribution in [1.82, 2.24) is 0 Å². The van der Waals surface area contributed by atoms with Crippen LogP contribution in [0.1, 0.15) is 29.2 Å². The molecular formula is C12H15NO3. The molecule has 0 amide bonds. The van der Waals surface area contributed by atoms with E-state index in [0.29, 0.717) is 16.7 Å². The molecule has 0 aliphatic carbocycles. The molecule has 3 N–H and O–H groups in total. The summed E-state index contributed by atoms with van der Waals surface area (Å²) < 4.78 is 0. The van der Waals surface area contributed by atoms with Crippen LogP contribution in [-0.4, -0.2) is 21.4 Å². The molecule has 4 heteroatoms. The van der Waals surface area contributed by atoms with E-state index in [0.717, 1.165) is 0 Å². The van der Waals surface area contributed by atoms with Crippen molar-refractivity contribution in [3.63, 3.8) is 0 Å². The third-order valence-electron chi connectivity index (χ3n) is 2.54. The van der Waals surface area contributed by atoms with Crippen LogP contribution in [0.25, 0.3) is 0 Å². The molecule has 0 aliphatic heterocycles. The number of hydrogen-bond acceptors (Lipinski definition) is 4. The second-order valence-corrected chi connectivity index (χ2v) is 3.87. The largest absolute Gasteiger partial charge is 0.508 e. The van der Waals surface area contributed by atoms with Gasteiger partial charge in [0.1, 0.15) is 11.9 Å². The highest BCUT2D eigenvalue weighted by atomic mass is 16.3. The molecule has 1 aromatic carbocycles. The van der Waals surface area contributed by atoms with E-state index in [2.05, 4.69) is 0 Å². The molecule has 0 spiro atoms. The van der Waals surface area contributed by atoms with Crippen LogP contribution in [0, 0.1) is 25.2 Å². The van der Waals surface area contributed by atoms with Gasteiger partial charge in [0, 0.05) is 0 Å². The lowest BCUT2D eigenvalue weighted by molar-refractivity contribution is 0.0208. The molecule has 0 aromatic heterocycles. The Labute approximate surface area is 94.4 Å². The molecule has 16 heavy (non-hydrogen) atoms. The first-order valence-corrected chi connectivity index (χ1v) is 5.00. The van der Waals surface area contributed by atoms with Gasteiger partial charge in [-0.1, -0.05) is 0 Å². The van der Waals surface area contributed by atoms with Crippen molar-refractivity contribution in [3.8, 4) is 11.8 Å². The standard InChI is InChI=1S/C12H15NO3/c1-7-5-9(14)6-8(2)11(7)12(16)10(15)3-4-13/h5-6,10,12,14-16H,3H2,1-2H3. The summed E-state index contributed by atoms with van der Waals surface area (Å²) >= 11 is 0. The second-order valence-electron chi connectivity index (χ2n) is 3.87. The number of aromatic hydroxyl groups is 1.